The van der Waals surface area contributed by atoms with Crippen LogP contribution in [0, 0.1) is 0 Å². The second kappa shape index (κ2) is 8.05. The maximum Gasteiger partial charge on any atom is 0.213 e. The van der Waals surface area contributed by atoms with E-state index in [1.807, 2.05) is 18.2 Å². The number of thioether (sulfide) groups is 1. The molecule has 2 rings (SSSR count). The zero-order valence-corrected chi connectivity index (χ0v) is 13.6. The van der Waals surface area contributed by atoms with E-state index < -0.39 is 0 Å². The molecule has 1 atom stereocenters. The highest BCUT2D eigenvalue weighted by Crippen LogP contribution is 2.24. The summed E-state index contributed by atoms with van der Waals surface area (Å²) in [6.45, 7) is 5.30. The van der Waals surface area contributed by atoms with Gasteiger partial charge < -0.3 is 10.1 Å². The van der Waals surface area contributed by atoms with Gasteiger partial charge in [-0.15, -0.1) is 11.8 Å². The molecule has 0 fully saturated rings. The van der Waals surface area contributed by atoms with E-state index in [0.717, 1.165) is 18.0 Å². The van der Waals surface area contributed by atoms with E-state index in [-0.39, 0.29) is 0 Å². The van der Waals surface area contributed by atoms with Crippen molar-refractivity contribution in [2.24, 2.45) is 0 Å². The molecule has 1 unspecified atom stereocenters. The fraction of sp³-hybridized carbons (Fsp3) is 0.353. The molecule has 0 aliphatic heterocycles. The summed E-state index contributed by atoms with van der Waals surface area (Å²) in [6, 6.07) is 15.0. The summed E-state index contributed by atoms with van der Waals surface area (Å²) >= 11 is 1.79. The van der Waals surface area contributed by atoms with E-state index in [9.17, 15) is 0 Å². The molecule has 0 aliphatic rings. The molecule has 1 N–H and O–H groups in total. The van der Waals surface area contributed by atoms with Crippen molar-refractivity contribution in [3.8, 4) is 5.88 Å². The first-order valence-corrected chi connectivity index (χ1v) is 8.17. The number of hydrogen-bond acceptors (Lipinski definition) is 4. The lowest BCUT2D eigenvalue weighted by molar-refractivity contribution is 0.397. The molecule has 2 aromatic rings. The van der Waals surface area contributed by atoms with Crippen molar-refractivity contribution in [1.82, 2.24) is 10.3 Å². The van der Waals surface area contributed by atoms with Gasteiger partial charge in [0.1, 0.15) is 0 Å². The largest absolute Gasteiger partial charge is 0.481 e. The summed E-state index contributed by atoms with van der Waals surface area (Å²) in [5, 5.41) is 3.42. The minimum Gasteiger partial charge on any atom is -0.481 e. The number of aromatic nitrogens is 1. The van der Waals surface area contributed by atoms with Gasteiger partial charge in [0.15, 0.2) is 0 Å². The lowest BCUT2D eigenvalue weighted by Gasteiger charge is -2.13. The van der Waals surface area contributed by atoms with Crippen LogP contribution in [0.15, 0.2) is 47.4 Å². The number of nitrogens with one attached hydrogen (secondary N) is 1. The molecule has 0 saturated carbocycles. The lowest BCUT2D eigenvalue weighted by Crippen LogP contribution is -2.17. The Bertz CT molecular complexity index is 557. The van der Waals surface area contributed by atoms with Crippen LogP contribution in [0.4, 0.5) is 0 Å². The predicted molar refractivity (Wildman–Crippen MR) is 88.9 cm³/mol. The summed E-state index contributed by atoms with van der Waals surface area (Å²) in [6.07, 6.45) is 0. The molecule has 112 valence electrons. The topological polar surface area (TPSA) is 34.1 Å². The average molecular weight is 302 g/mol. The van der Waals surface area contributed by atoms with E-state index in [1.165, 1.54) is 10.5 Å². The minimum atomic E-state index is 0.397. The Morgan fingerprint density at radius 2 is 1.95 bits per heavy atom. The van der Waals surface area contributed by atoms with Gasteiger partial charge in [-0.05, 0) is 37.2 Å². The standard InChI is InChI=1S/C17H22N2OS/c1-4-18-13(2)14-8-10-16(11-9-14)21-12-15-6-5-7-17(19-15)20-3/h5-11,13,18H,4,12H2,1-3H3. The van der Waals surface area contributed by atoms with E-state index in [2.05, 4.69) is 48.4 Å². The average Bonchev–Trinajstić information content (AvgIpc) is 2.54. The van der Waals surface area contributed by atoms with Crippen LogP contribution in [-0.2, 0) is 5.75 Å². The first-order chi connectivity index (χ1) is 10.2. The summed E-state index contributed by atoms with van der Waals surface area (Å²) in [7, 11) is 1.64. The Labute approximate surface area is 131 Å². The smallest absolute Gasteiger partial charge is 0.213 e. The van der Waals surface area contributed by atoms with Gasteiger partial charge in [-0.3, -0.25) is 0 Å². The van der Waals surface area contributed by atoms with Gasteiger partial charge in [0.25, 0.3) is 0 Å². The summed E-state index contributed by atoms with van der Waals surface area (Å²) < 4.78 is 5.14. The third-order valence-corrected chi connectivity index (χ3v) is 4.31. The fourth-order valence-corrected chi connectivity index (χ4v) is 2.89. The summed E-state index contributed by atoms with van der Waals surface area (Å²) in [5.41, 5.74) is 2.35. The first-order valence-electron chi connectivity index (χ1n) is 7.19. The minimum absolute atomic E-state index is 0.397. The maximum atomic E-state index is 5.14. The van der Waals surface area contributed by atoms with E-state index in [0.29, 0.717) is 11.9 Å². The number of hydrogen-bond donors (Lipinski definition) is 1. The SMILES string of the molecule is CCNC(C)c1ccc(SCc2cccc(OC)n2)cc1. The van der Waals surface area contributed by atoms with Crippen LogP contribution in [0.25, 0.3) is 0 Å². The molecule has 0 bridgehead atoms. The Morgan fingerprint density at radius 3 is 2.62 bits per heavy atom. The van der Waals surface area contributed by atoms with Gasteiger partial charge >= 0.3 is 0 Å². The van der Waals surface area contributed by atoms with Crippen molar-refractivity contribution in [3.05, 3.63) is 53.7 Å². The number of rotatable bonds is 7. The maximum absolute atomic E-state index is 5.14. The second-order valence-corrected chi connectivity index (χ2v) is 5.86. The fourth-order valence-electron chi connectivity index (χ4n) is 2.09. The van der Waals surface area contributed by atoms with Gasteiger partial charge in [0, 0.05) is 22.8 Å². The molecular weight excluding hydrogens is 280 g/mol. The molecule has 0 aliphatic carbocycles. The van der Waals surface area contributed by atoms with E-state index in [4.69, 9.17) is 4.74 Å². The molecule has 4 heteroatoms. The van der Waals surface area contributed by atoms with Crippen LogP contribution in [-0.4, -0.2) is 18.6 Å². The molecule has 0 radical (unpaired) electrons. The van der Waals surface area contributed by atoms with Gasteiger partial charge in [-0.25, -0.2) is 4.98 Å². The van der Waals surface area contributed by atoms with Gasteiger partial charge in [-0.1, -0.05) is 25.1 Å². The summed E-state index contributed by atoms with van der Waals surface area (Å²) in [4.78, 5) is 5.68. The zero-order chi connectivity index (χ0) is 15.1. The summed E-state index contributed by atoms with van der Waals surface area (Å²) in [5.74, 6) is 1.52. The van der Waals surface area contributed by atoms with Crippen LogP contribution in [0.1, 0.15) is 31.1 Å². The molecule has 3 nitrogen and oxygen atoms in total. The van der Waals surface area contributed by atoms with Crippen molar-refractivity contribution in [2.75, 3.05) is 13.7 Å². The highest BCUT2D eigenvalue weighted by molar-refractivity contribution is 7.98. The molecule has 1 aromatic carbocycles. The van der Waals surface area contributed by atoms with Crippen LogP contribution in [0.5, 0.6) is 5.88 Å². The lowest BCUT2D eigenvalue weighted by atomic mass is 10.1. The third-order valence-electron chi connectivity index (χ3n) is 3.27. The number of ether oxygens (including phenoxy) is 1. The van der Waals surface area contributed by atoms with Gasteiger partial charge in [0.2, 0.25) is 5.88 Å². The highest BCUT2D eigenvalue weighted by Gasteiger charge is 2.04. The predicted octanol–water partition coefficient (Wildman–Crippen LogP) is 4.05. The van der Waals surface area contributed by atoms with Crippen molar-refractivity contribution in [1.29, 1.82) is 0 Å². The van der Waals surface area contributed by atoms with Crippen molar-refractivity contribution < 1.29 is 4.74 Å². The van der Waals surface area contributed by atoms with Crippen molar-refractivity contribution >= 4 is 11.8 Å². The van der Waals surface area contributed by atoms with E-state index >= 15 is 0 Å². The van der Waals surface area contributed by atoms with Gasteiger partial charge in [0.05, 0.1) is 12.8 Å². The normalized spacial score (nSPS) is 12.1. The second-order valence-electron chi connectivity index (χ2n) is 4.81. The van der Waals surface area contributed by atoms with Gasteiger partial charge in [-0.2, -0.15) is 0 Å². The molecule has 0 amide bonds. The van der Waals surface area contributed by atoms with Crippen LogP contribution in [0.2, 0.25) is 0 Å². The number of nitrogens with zero attached hydrogens (tertiary/aromatic N) is 1. The number of benzene rings is 1. The van der Waals surface area contributed by atoms with E-state index in [1.54, 1.807) is 18.9 Å². The Balaban J connectivity index is 1.94. The third kappa shape index (κ3) is 4.76. The molecule has 0 saturated heterocycles. The number of pyridine rings is 1. The molecular formula is C17H22N2OS. The Hall–Kier alpha value is -1.52. The van der Waals surface area contributed by atoms with Crippen LogP contribution >= 0.6 is 11.8 Å². The van der Waals surface area contributed by atoms with Crippen LogP contribution < -0.4 is 10.1 Å². The molecule has 0 spiro atoms. The molecule has 21 heavy (non-hydrogen) atoms. The quantitative estimate of drug-likeness (QED) is 0.782. The van der Waals surface area contributed by atoms with Crippen molar-refractivity contribution in [2.45, 2.75) is 30.5 Å². The Morgan fingerprint density at radius 1 is 1.19 bits per heavy atom. The number of methoxy groups -OCH3 is 1. The monoisotopic (exact) mass is 302 g/mol. The highest BCUT2D eigenvalue weighted by atomic mass is 32.2. The molecule has 1 heterocycles. The zero-order valence-electron chi connectivity index (χ0n) is 12.8. The Kier molecular flexibility index (Phi) is 6.08. The van der Waals surface area contributed by atoms with Crippen LogP contribution in [0.3, 0.4) is 0 Å². The first kappa shape index (κ1) is 15.9. The molecule has 1 aromatic heterocycles. The van der Waals surface area contributed by atoms with Crippen molar-refractivity contribution in [3.63, 3.8) is 0 Å².